The Morgan fingerprint density at radius 3 is 1.42 bits per heavy atom. The van der Waals surface area contributed by atoms with Gasteiger partial charge in [-0.3, -0.25) is 4.79 Å². The zero-order valence-electron chi connectivity index (χ0n) is 13.0. The van der Waals surface area contributed by atoms with Gasteiger partial charge in [-0.25, -0.2) is 14.4 Å². The molecule has 8 nitrogen and oxygen atoms in total. The zero-order valence-corrected chi connectivity index (χ0v) is 13.0. The molecule has 1 amide bonds. The van der Waals surface area contributed by atoms with Crippen molar-refractivity contribution in [2.24, 2.45) is 5.73 Å². The van der Waals surface area contributed by atoms with Gasteiger partial charge in [0.15, 0.2) is 0 Å². The van der Waals surface area contributed by atoms with E-state index in [0.717, 1.165) is 0 Å². The fraction of sp³-hybridized carbons (Fsp3) is 0. The number of carboxylic acids is 3. The minimum absolute atomic E-state index is 0.0315. The Kier molecular flexibility index (Phi) is 3.80. The van der Waals surface area contributed by atoms with Crippen LogP contribution in [0, 0.1) is 0 Å². The number of rotatable bonds is 4. The molecular formula is C18H11NO7. The average Bonchev–Trinajstić information content (AvgIpc) is 2.56. The van der Waals surface area contributed by atoms with E-state index in [2.05, 4.69) is 0 Å². The average molecular weight is 353 g/mol. The molecule has 3 rings (SSSR count). The highest BCUT2D eigenvalue weighted by Crippen LogP contribution is 2.34. The second-order valence-electron chi connectivity index (χ2n) is 5.52. The maximum Gasteiger partial charge on any atom is 0.337 e. The first-order valence-electron chi connectivity index (χ1n) is 7.26. The van der Waals surface area contributed by atoms with E-state index >= 15 is 0 Å². The van der Waals surface area contributed by atoms with Crippen LogP contribution < -0.4 is 5.73 Å². The number of carbonyl (C=O) groups is 4. The van der Waals surface area contributed by atoms with Crippen LogP contribution in [0.1, 0.15) is 41.4 Å². The molecule has 0 bridgehead atoms. The largest absolute Gasteiger partial charge is 0.478 e. The van der Waals surface area contributed by atoms with Gasteiger partial charge in [0.1, 0.15) is 0 Å². The molecule has 3 aromatic rings. The van der Waals surface area contributed by atoms with Crippen LogP contribution in [-0.4, -0.2) is 39.1 Å². The first-order valence-corrected chi connectivity index (χ1v) is 7.26. The van der Waals surface area contributed by atoms with Crippen LogP contribution in [0.3, 0.4) is 0 Å². The van der Waals surface area contributed by atoms with Crippen molar-refractivity contribution >= 4 is 45.4 Å². The van der Waals surface area contributed by atoms with Crippen molar-refractivity contribution in [1.29, 1.82) is 0 Å². The van der Waals surface area contributed by atoms with Crippen LogP contribution in [0.5, 0.6) is 0 Å². The minimum atomic E-state index is -1.78. The molecule has 0 heterocycles. The molecule has 5 N–H and O–H groups in total. The number of aromatic carboxylic acids is 3. The Bertz CT molecular complexity index is 1060. The van der Waals surface area contributed by atoms with Crippen LogP contribution in [0.15, 0.2) is 36.4 Å². The lowest BCUT2D eigenvalue weighted by molar-refractivity contribution is 0.0633. The highest BCUT2D eigenvalue weighted by molar-refractivity contribution is 6.25. The number of benzene rings is 3. The zero-order chi connectivity index (χ0) is 19.2. The standard InChI is InChI=1S/C18H11NO7/c19-15(20)11-9-5-7-3-1-2-4-8(7)6-10(9)12(16(21)22)14(18(25)26)13(11)17(23)24/h1-6H,(H2,19,20)(H,21,22)(H,23,24)(H,25,26). The Morgan fingerprint density at radius 1 is 0.654 bits per heavy atom. The molecule has 0 radical (unpaired) electrons. The molecule has 3 aromatic carbocycles. The number of carbonyl (C=O) groups excluding carboxylic acids is 1. The van der Waals surface area contributed by atoms with Crippen molar-refractivity contribution in [2.45, 2.75) is 0 Å². The van der Waals surface area contributed by atoms with Gasteiger partial charge in [0.25, 0.3) is 0 Å². The Labute approximate surface area is 145 Å². The van der Waals surface area contributed by atoms with Crippen LogP contribution in [-0.2, 0) is 0 Å². The van der Waals surface area contributed by atoms with E-state index in [-0.39, 0.29) is 10.8 Å². The fourth-order valence-corrected chi connectivity index (χ4v) is 3.08. The normalized spacial score (nSPS) is 10.8. The molecule has 0 saturated carbocycles. The number of fused-ring (bicyclic) bond motifs is 2. The lowest BCUT2D eigenvalue weighted by Gasteiger charge is -2.15. The molecule has 130 valence electrons. The van der Waals surface area contributed by atoms with Crippen molar-refractivity contribution in [3.8, 4) is 0 Å². The van der Waals surface area contributed by atoms with E-state index in [1.807, 2.05) is 0 Å². The molecule has 0 atom stereocenters. The molecule has 0 aliphatic carbocycles. The summed E-state index contributed by atoms with van der Waals surface area (Å²) in [5.41, 5.74) is 2.14. The molecule has 0 aliphatic heterocycles. The minimum Gasteiger partial charge on any atom is -0.478 e. The van der Waals surface area contributed by atoms with E-state index in [1.165, 1.54) is 12.1 Å². The number of nitrogens with two attached hydrogens (primary N) is 1. The summed E-state index contributed by atoms with van der Waals surface area (Å²) in [6, 6.07) is 9.60. The van der Waals surface area contributed by atoms with Crippen molar-refractivity contribution in [1.82, 2.24) is 0 Å². The predicted molar refractivity (Wildman–Crippen MR) is 90.8 cm³/mol. The van der Waals surface area contributed by atoms with Crippen LogP contribution >= 0.6 is 0 Å². The van der Waals surface area contributed by atoms with E-state index in [4.69, 9.17) is 5.73 Å². The summed E-state index contributed by atoms with van der Waals surface area (Å²) in [7, 11) is 0. The van der Waals surface area contributed by atoms with Gasteiger partial charge in [-0.05, 0) is 33.7 Å². The third-order valence-corrected chi connectivity index (χ3v) is 4.06. The van der Waals surface area contributed by atoms with Crippen LogP contribution in [0.25, 0.3) is 21.5 Å². The molecule has 0 fully saturated rings. The maximum absolute atomic E-state index is 12.0. The molecule has 0 spiro atoms. The maximum atomic E-state index is 12.0. The Hall–Kier alpha value is -3.94. The number of carboxylic acid groups (broad SMARTS) is 3. The van der Waals surface area contributed by atoms with Crippen molar-refractivity contribution in [3.05, 3.63) is 58.7 Å². The third kappa shape index (κ3) is 2.40. The van der Waals surface area contributed by atoms with Crippen molar-refractivity contribution in [2.75, 3.05) is 0 Å². The van der Waals surface area contributed by atoms with E-state index < -0.39 is 46.1 Å². The van der Waals surface area contributed by atoms with Gasteiger partial charge in [0.05, 0.1) is 22.3 Å². The van der Waals surface area contributed by atoms with Gasteiger partial charge < -0.3 is 21.1 Å². The quantitative estimate of drug-likeness (QED) is 0.524. The summed E-state index contributed by atoms with van der Waals surface area (Å²) in [6.45, 7) is 0. The second kappa shape index (κ2) is 5.85. The Morgan fingerprint density at radius 2 is 1.04 bits per heavy atom. The van der Waals surface area contributed by atoms with Gasteiger partial charge in [-0.15, -0.1) is 0 Å². The highest BCUT2D eigenvalue weighted by Gasteiger charge is 2.32. The topological polar surface area (TPSA) is 155 Å². The van der Waals surface area contributed by atoms with E-state index in [9.17, 15) is 34.5 Å². The number of primary amides is 1. The van der Waals surface area contributed by atoms with Crippen LogP contribution in [0.2, 0.25) is 0 Å². The van der Waals surface area contributed by atoms with Gasteiger partial charge in [-0.1, -0.05) is 24.3 Å². The van der Waals surface area contributed by atoms with Gasteiger partial charge in [0.2, 0.25) is 5.91 Å². The predicted octanol–water partition coefficient (Wildman–Crippen LogP) is 2.19. The third-order valence-electron chi connectivity index (χ3n) is 4.06. The molecule has 0 unspecified atom stereocenters. The summed E-state index contributed by atoms with van der Waals surface area (Å²) in [5.74, 6) is -6.32. The first-order chi connectivity index (χ1) is 12.2. The Balaban J connectivity index is 2.74. The first kappa shape index (κ1) is 16.9. The number of hydrogen-bond acceptors (Lipinski definition) is 4. The fourth-order valence-electron chi connectivity index (χ4n) is 3.08. The lowest BCUT2D eigenvalue weighted by atomic mass is 9.87. The van der Waals surface area contributed by atoms with E-state index in [0.29, 0.717) is 10.8 Å². The summed E-state index contributed by atoms with van der Waals surface area (Å²) in [5, 5.41) is 29.5. The molecule has 8 heteroatoms. The SMILES string of the molecule is NC(=O)c1c(C(=O)O)c(C(=O)O)c(C(=O)O)c2cc3ccccc3cc12. The summed E-state index contributed by atoms with van der Waals surface area (Å²) in [4.78, 5) is 47.0. The van der Waals surface area contributed by atoms with Crippen molar-refractivity contribution in [3.63, 3.8) is 0 Å². The van der Waals surface area contributed by atoms with Gasteiger partial charge in [0, 0.05) is 0 Å². The van der Waals surface area contributed by atoms with E-state index in [1.54, 1.807) is 24.3 Å². The summed E-state index contributed by atoms with van der Waals surface area (Å²) >= 11 is 0. The molecule has 0 saturated heterocycles. The lowest BCUT2D eigenvalue weighted by Crippen LogP contribution is -2.23. The molecular weight excluding hydrogens is 342 g/mol. The summed E-state index contributed by atoms with van der Waals surface area (Å²) < 4.78 is 0. The highest BCUT2D eigenvalue weighted by atomic mass is 16.4. The van der Waals surface area contributed by atoms with Crippen LogP contribution in [0.4, 0.5) is 0 Å². The molecule has 0 aromatic heterocycles. The number of hydrogen-bond donors (Lipinski definition) is 4. The second-order valence-corrected chi connectivity index (χ2v) is 5.52. The molecule has 0 aliphatic rings. The van der Waals surface area contributed by atoms with Crippen molar-refractivity contribution < 1.29 is 34.5 Å². The number of amides is 1. The van der Waals surface area contributed by atoms with Gasteiger partial charge >= 0.3 is 17.9 Å². The monoisotopic (exact) mass is 353 g/mol. The smallest absolute Gasteiger partial charge is 0.337 e. The summed E-state index contributed by atoms with van der Waals surface area (Å²) in [6.07, 6.45) is 0. The van der Waals surface area contributed by atoms with Gasteiger partial charge in [-0.2, -0.15) is 0 Å². The molecule has 26 heavy (non-hydrogen) atoms.